The van der Waals surface area contributed by atoms with Gasteiger partial charge in [-0.05, 0) is 37.2 Å². The highest BCUT2D eigenvalue weighted by atomic mass is 16.2. The highest BCUT2D eigenvalue weighted by Crippen LogP contribution is 2.56. The summed E-state index contributed by atoms with van der Waals surface area (Å²) >= 11 is 0. The molecule has 1 spiro atoms. The average Bonchev–Trinajstić information content (AvgIpc) is 2.53. The van der Waals surface area contributed by atoms with Crippen LogP contribution in [0.5, 0.6) is 0 Å². The SMILES string of the molecule is CC(=O)N1CCC(C(=O)N2CC3(CC(c4ccccc4)C3)C2)CC1. The summed E-state index contributed by atoms with van der Waals surface area (Å²) in [6, 6.07) is 10.7. The van der Waals surface area contributed by atoms with E-state index in [1.165, 1.54) is 18.4 Å². The van der Waals surface area contributed by atoms with Gasteiger partial charge in [-0.2, -0.15) is 0 Å². The number of likely N-dealkylation sites (tertiary alicyclic amines) is 2. The summed E-state index contributed by atoms with van der Waals surface area (Å²) in [6.07, 6.45) is 4.11. The third kappa shape index (κ3) is 2.72. The summed E-state index contributed by atoms with van der Waals surface area (Å²) in [5.74, 6) is 1.27. The Morgan fingerprint density at radius 2 is 1.62 bits per heavy atom. The van der Waals surface area contributed by atoms with Crippen LogP contribution in [0.25, 0.3) is 0 Å². The van der Waals surface area contributed by atoms with E-state index in [-0.39, 0.29) is 11.8 Å². The number of amides is 2. The number of hydrogen-bond donors (Lipinski definition) is 0. The van der Waals surface area contributed by atoms with E-state index >= 15 is 0 Å². The van der Waals surface area contributed by atoms with Crippen molar-refractivity contribution in [2.24, 2.45) is 11.3 Å². The first kappa shape index (κ1) is 15.7. The van der Waals surface area contributed by atoms with Crippen LogP contribution in [0.15, 0.2) is 30.3 Å². The van der Waals surface area contributed by atoms with Crippen molar-refractivity contribution in [3.63, 3.8) is 0 Å². The summed E-state index contributed by atoms with van der Waals surface area (Å²) in [7, 11) is 0. The molecule has 1 aliphatic carbocycles. The van der Waals surface area contributed by atoms with Gasteiger partial charge in [0.25, 0.3) is 0 Å². The normalized spacial score (nSPS) is 23.7. The molecule has 2 amide bonds. The number of nitrogens with zero attached hydrogens (tertiary/aromatic N) is 2. The molecule has 0 unspecified atom stereocenters. The Hall–Kier alpha value is -1.84. The zero-order valence-electron chi connectivity index (χ0n) is 14.4. The fourth-order valence-electron chi connectivity index (χ4n) is 4.82. The lowest BCUT2D eigenvalue weighted by molar-refractivity contribution is -0.158. The minimum atomic E-state index is 0.128. The maximum atomic E-state index is 12.7. The van der Waals surface area contributed by atoms with Crippen molar-refractivity contribution in [2.75, 3.05) is 26.2 Å². The molecule has 24 heavy (non-hydrogen) atoms. The van der Waals surface area contributed by atoms with E-state index in [1.54, 1.807) is 6.92 Å². The van der Waals surface area contributed by atoms with Crippen molar-refractivity contribution in [1.82, 2.24) is 9.80 Å². The fourth-order valence-corrected chi connectivity index (χ4v) is 4.82. The van der Waals surface area contributed by atoms with Crippen LogP contribution in [-0.2, 0) is 9.59 Å². The second kappa shape index (κ2) is 5.91. The quantitative estimate of drug-likeness (QED) is 0.838. The zero-order chi connectivity index (χ0) is 16.7. The van der Waals surface area contributed by atoms with E-state index in [1.807, 2.05) is 4.90 Å². The summed E-state index contributed by atoms with van der Waals surface area (Å²) in [5, 5.41) is 0. The number of carbonyl (C=O) groups is 2. The molecule has 2 heterocycles. The van der Waals surface area contributed by atoms with Crippen LogP contribution in [0.2, 0.25) is 0 Å². The van der Waals surface area contributed by atoms with Crippen molar-refractivity contribution in [2.45, 2.75) is 38.5 Å². The first-order chi connectivity index (χ1) is 11.6. The lowest BCUT2D eigenvalue weighted by atomic mass is 9.56. The molecule has 0 atom stereocenters. The highest BCUT2D eigenvalue weighted by molar-refractivity contribution is 5.80. The van der Waals surface area contributed by atoms with Crippen LogP contribution in [0.4, 0.5) is 0 Å². The number of rotatable bonds is 2. The van der Waals surface area contributed by atoms with Crippen LogP contribution in [0, 0.1) is 11.3 Å². The van der Waals surface area contributed by atoms with Gasteiger partial charge in [0.2, 0.25) is 11.8 Å². The molecule has 3 aliphatic rings. The molecule has 128 valence electrons. The summed E-state index contributed by atoms with van der Waals surface area (Å²) in [6.45, 7) is 4.98. The molecular weight excluding hydrogens is 300 g/mol. The third-order valence-electron chi connectivity index (χ3n) is 6.28. The molecule has 0 N–H and O–H groups in total. The Labute approximate surface area is 143 Å². The first-order valence-electron chi connectivity index (χ1n) is 9.16. The molecule has 4 rings (SSSR count). The van der Waals surface area contributed by atoms with E-state index < -0.39 is 0 Å². The van der Waals surface area contributed by atoms with Crippen molar-refractivity contribution in [3.05, 3.63) is 35.9 Å². The Morgan fingerprint density at radius 3 is 2.21 bits per heavy atom. The van der Waals surface area contributed by atoms with Crippen LogP contribution in [-0.4, -0.2) is 47.8 Å². The molecule has 4 nitrogen and oxygen atoms in total. The highest BCUT2D eigenvalue weighted by Gasteiger charge is 2.54. The van der Waals surface area contributed by atoms with E-state index in [4.69, 9.17) is 0 Å². The Kier molecular flexibility index (Phi) is 3.86. The van der Waals surface area contributed by atoms with Crippen molar-refractivity contribution in [3.8, 4) is 0 Å². The van der Waals surface area contributed by atoms with E-state index in [0.717, 1.165) is 39.0 Å². The van der Waals surface area contributed by atoms with Gasteiger partial charge in [0.05, 0.1) is 0 Å². The van der Waals surface area contributed by atoms with Gasteiger partial charge < -0.3 is 9.80 Å². The van der Waals surface area contributed by atoms with Crippen molar-refractivity contribution < 1.29 is 9.59 Å². The summed E-state index contributed by atoms with van der Waals surface area (Å²) < 4.78 is 0. The van der Waals surface area contributed by atoms with Gasteiger partial charge in [0.15, 0.2) is 0 Å². The number of hydrogen-bond acceptors (Lipinski definition) is 2. The third-order valence-corrected chi connectivity index (χ3v) is 6.28. The lowest BCUT2D eigenvalue weighted by Gasteiger charge is -2.60. The molecule has 1 saturated carbocycles. The van der Waals surface area contributed by atoms with E-state index in [9.17, 15) is 9.59 Å². The fraction of sp³-hybridized carbons (Fsp3) is 0.600. The smallest absolute Gasteiger partial charge is 0.225 e. The molecule has 0 radical (unpaired) electrons. The summed E-state index contributed by atoms with van der Waals surface area (Å²) in [5.41, 5.74) is 1.85. The molecule has 1 aromatic rings. The van der Waals surface area contributed by atoms with Crippen molar-refractivity contribution in [1.29, 1.82) is 0 Å². The van der Waals surface area contributed by atoms with Gasteiger partial charge in [-0.25, -0.2) is 0 Å². The largest absolute Gasteiger partial charge is 0.343 e. The minimum Gasteiger partial charge on any atom is -0.343 e. The van der Waals surface area contributed by atoms with Gasteiger partial charge in [-0.15, -0.1) is 0 Å². The maximum absolute atomic E-state index is 12.7. The predicted molar refractivity (Wildman–Crippen MR) is 92.4 cm³/mol. The number of benzene rings is 1. The van der Waals surface area contributed by atoms with E-state index in [0.29, 0.717) is 17.2 Å². The van der Waals surface area contributed by atoms with Crippen LogP contribution < -0.4 is 0 Å². The standard InChI is InChI=1S/C20H26N2O2/c1-15(23)21-9-7-17(8-10-21)19(24)22-13-20(14-22)11-18(12-20)16-5-3-2-4-6-16/h2-6,17-18H,7-14H2,1H3. The van der Waals surface area contributed by atoms with Gasteiger partial charge in [-0.1, -0.05) is 30.3 Å². The van der Waals surface area contributed by atoms with Crippen LogP contribution in [0.1, 0.15) is 44.1 Å². The number of piperidine rings is 1. The monoisotopic (exact) mass is 326 g/mol. The molecule has 2 saturated heterocycles. The first-order valence-corrected chi connectivity index (χ1v) is 9.16. The van der Waals surface area contributed by atoms with Gasteiger partial charge in [0.1, 0.15) is 0 Å². The second-order valence-electron chi connectivity index (χ2n) is 7.99. The van der Waals surface area contributed by atoms with Crippen LogP contribution >= 0.6 is 0 Å². The second-order valence-corrected chi connectivity index (χ2v) is 7.99. The Bertz CT molecular complexity index is 620. The molecule has 0 aromatic heterocycles. The molecule has 2 aliphatic heterocycles. The Morgan fingerprint density at radius 1 is 1.00 bits per heavy atom. The summed E-state index contributed by atoms with van der Waals surface area (Å²) in [4.78, 5) is 28.0. The lowest BCUT2D eigenvalue weighted by Crippen LogP contribution is -2.64. The molecule has 4 heteroatoms. The maximum Gasteiger partial charge on any atom is 0.225 e. The Balaban J connectivity index is 1.25. The number of carbonyl (C=O) groups excluding carboxylic acids is 2. The average molecular weight is 326 g/mol. The molecule has 3 fully saturated rings. The molecule has 0 bridgehead atoms. The minimum absolute atomic E-state index is 0.128. The van der Waals surface area contributed by atoms with Gasteiger partial charge >= 0.3 is 0 Å². The predicted octanol–water partition coefficient (Wildman–Crippen LogP) is 2.65. The molecular formula is C20H26N2O2. The van der Waals surface area contributed by atoms with Crippen molar-refractivity contribution >= 4 is 11.8 Å². The zero-order valence-corrected chi connectivity index (χ0v) is 14.4. The van der Waals surface area contributed by atoms with Crippen LogP contribution in [0.3, 0.4) is 0 Å². The van der Waals surface area contributed by atoms with Gasteiger partial charge in [-0.3, -0.25) is 9.59 Å². The van der Waals surface area contributed by atoms with Gasteiger partial charge in [0, 0.05) is 44.4 Å². The molecule has 1 aromatic carbocycles. The topological polar surface area (TPSA) is 40.6 Å². The van der Waals surface area contributed by atoms with E-state index in [2.05, 4.69) is 35.2 Å².